The number of aromatic hydroxyl groups is 1. The molecular weight excluding hydrogens is 256 g/mol. The average molecular weight is 278 g/mol. The number of ether oxygens (including phenoxy) is 1. The summed E-state index contributed by atoms with van der Waals surface area (Å²) in [4.78, 5) is 14.1. The molecule has 1 heterocycles. The van der Waals surface area contributed by atoms with Crippen LogP contribution in [-0.4, -0.2) is 48.3 Å². The van der Waals surface area contributed by atoms with Crippen LogP contribution < -0.4 is 5.32 Å². The minimum absolute atomic E-state index is 0.0515. The van der Waals surface area contributed by atoms with Crippen molar-refractivity contribution in [1.82, 2.24) is 10.2 Å². The summed E-state index contributed by atoms with van der Waals surface area (Å²) >= 11 is 0. The first-order valence-electron chi connectivity index (χ1n) is 6.99. The first-order valence-corrected chi connectivity index (χ1v) is 6.99. The molecule has 0 radical (unpaired) electrons. The van der Waals surface area contributed by atoms with Gasteiger partial charge in [-0.05, 0) is 31.5 Å². The van der Waals surface area contributed by atoms with Crippen molar-refractivity contribution < 1.29 is 14.6 Å². The molecular formula is C15H22N2O3. The van der Waals surface area contributed by atoms with Gasteiger partial charge < -0.3 is 14.7 Å². The predicted octanol–water partition coefficient (Wildman–Crippen LogP) is 1.29. The molecule has 1 aromatic carbocycles. The molecule has 2 N–H and O–H groups in total. The molecule has 0 saturated carbocycles. The van der Waals surface area contributed by atoms with E-state index < -0.39 is 0 Å². The summed E-state index contributed by atoms with van der Waals surface area (Å²) in [6.45, 7) is 6.46. The van der Waals surface area contributed by atoms with Crippen molar-refractivity contribution in [3.05, 3.63) is 29.8 Å². The predicted molar refractivity (Wildman–Crippen MR) is 76.5 cm³/mol. The zero-order chi connectivity index (χ0) is 14.5. The molecule has 1 aliphatic rings. The number of nitrogens with zero attached hydrogens (tertiary/aromatic N) is 1. The number of phenols is 1. The van der Waals surface area contributed by atoms with Gasteiger partial charge in [-0.2, -0.15) is 0 Å². The standard InChI is InChI=1S/C15H22N2O3/c1-11(13-3-5-14(18)6-4-13)16-12(2)15(19)17-7-9-20-10-8-17/h3-6,11-12,16,18H,7-10H2,1-2H3. The van der Waals surface area contributed by atoms with Crippen LogP contribution in [0.4, 0.5) is 0 Å². The lowest BCUT2D eigenvalue weighted by Crippen LogP contribution is -2.49. The number of phenolic OH excluding ortho intramolecular Hbond substituents is 1. The lowest BCUT2D eigenvalue weighted by Gasteiger charge is -2.30. The van der Waals surface area contributed by atoms with E-state index in [2.05, 4.69) is 5.32 Å². The van der Waals surface area contributed by atoms with Gasteiger partial charge in [0.1, 0.15) is 5.75 Å². The van der Waals surface area contributed by atoms with Crippen LogP contribution in [0.3, 0.4) is 0 Å². The number of hydrogen-bond donors (Lipinski definition) is 2. The third-order valence-electron chi connectivity index (χ3n) is 3.59. The molecule has 1 saturated heterocycles. The Balaban J connectivity index is 1.91. The number of hydrogen-bond acceptors (Lipinski definition) is 4. The van der Waals surface area contributed by atoms with E-state index in [0.29, 0.717) is 26.3 Å². The number of morpholine rings is 1. The normalized spacial score (nSPS) is 18.6. The molecule has 0 aromatic heterocycles. The van der Waals surface area contributed by atoms with Crippen LogP contribution in [0.5, 0.6) is 5.75 Å². The highest BCUT2D eigenvalue weighted by Gasteiger charge is 2.23. The van der Waals surface area contributed by atoms with E-state index in [9.17, 15) is 9.90 Å². The molecule has 2 atom stereocenters. The zero-order valence-electron chi connectivity index (χ0n) is 12.0. The summed E-state index contributed by atoms with van der Waals surface area (Å²) in [7, 11) is 0. The van der Waals surface area contributed by atoms with Gasteiger partial charge in [-0.1, -0.05) is 12.1 Å². The fourth-order valence-corrected chi connectivity index (χ4v) is 2.36. The van der Waals surface area contributed by atoms with Gasteiger partial charge in [0.2, 0.25) is 5.91 Å². The van der Waals surface area contributed by atoms with Gasteiger partial charge in [0.15, 0.2) is 0 Å². The molecule has 1 fully saturated rings. The van der Waals surface area contributed by atoms with Crippen molar-refractivity contribution >= 4 is 5.91 Å². The molecule has 20 heavy (non-hydrogen) atoms. The lowest BCUT2D eigenvalue weighted by molar-refractivity contribution is -0.137. The molecule has 1 amide bonds. The molecule has 110 valence electrons. The van der Waals surface area contributed by atoms with Crippen LogP contribution in [0, 0.1) is 0 Å². The van der Waals surface area contributed by atoms with Crippen LogP contribution in [0.1, 0.15) is 25.5 Å². The quantitative estimate of drug-likeness (QED) is 0.871. The van der Waals surface area contributed by atoms with E-state index in [1.165, 1.54) is 0 Å². The third-order valence-corrected chi connectivity index (χ3v) is 3.59. The van der Waals surface area contributed by atoms with Crippen LogP contribution in [0.15, 0.2) is 24.3 Å². The third kappa shape index (κ3) is 3.71. The Labute approximate surface area is 119 Å². The Bertz CT molecular complexity index is 441. The van der Waals surface area contributed by atoms with Crippen LogP contribution in [0.25, 0.3) is 0 Å². The van der Waals surface area contributed by atoms with Gasteiger partial charge in [0, 0.05) is 19.1 Å². The van der Waals surface area contributed by atoms with Crippen molar-refractivity contribution in [2.45, 2.75) is 25.9 Å². The first-order chi connectivity index (χ1) is 9.58. The van der Waals surface area contributed by atoms with Crippen molar-refractivity contribution in [1.29, 1.82) is 0 Å². The monoisotopic (exact) mass is 278 g/mol. The molecule has 5 heteroatoms. The summed E-state index contributed by atoms with van der Waals surface area (Å²) in [5.41, 5.74) is 1.05. The highest BCUT2D eigenvalue weighted by Crippen LogP contribution is 2.17. The second kappa shape index (κ2) is 6.72. The Morgan fingerprint density at radius 3 is 2.45 bits per heavy atom. The second-order valence-electron chi connectivity index (χ2n) is 5.14. The molecule has 2 unspecified atom stereocenters. The minimum atomic E-state index is -0.239. The van der Waals surface area contributed by atoms with E-state index in [1.807, 2.05) is 30.9 Å². The molecule has 1 aromatic rings. The highest BCUT2D eigenvalue weighted by atomic mass is 16.5. The minimum Gasteiger partial charge on any atom is -0.508 e. The lowest BCUT2D eigenvalue weighted by atomic mass is 10.1. The zero-order valence-corrected chi connectivity index (χ0v) is 12.0. The van der Waals surface area contributed by atoms with Crippen molar-refractivity contribution in [2.24, 2.45) is 0 Å². The van der Waals surface area contributed by atoms with Gasteiger partial charge in [0.25, 0.3) is 0 Å². The Morgan fingerprint density at radius 2 is 1.85 bits per heavy atom. The van der Waals surface area contributed by atoms with Gasteiger partial charge in [-0.25, -0.2) is 0 Å². The SMILES string of the molecule is CC(NC(C)c1ccc(O)cc1)C(=O)N1CCOCC1. The molecule has 0 bridgehead atoms. The fourth-order valence-electron chi connectivity index (χ4n) is 2.36. The smallest absolute Gasteiger partial charge is 0.239 e. The second-order valence-corrected chi connectivity index (χ2v) is 5.14. The number of carbonyl (C=O) groups is 1. The van der Waals surface area contributed by atoms with Crippen LogP contribution in [0.2, 0.25) is 0 Å². The largest absolute Gasteiger partial charge is 0.508 e. The van der Waals surface area contributed by atoms with E-state index in [4.69, 9.17) is 4.74 Å². The number of amides is 1. The Kier molecular flexibility index (Phi) is 4.98. The first kappa shape index (κ1) is 14.8. The van der Waals surface area contributed by atoms with Gasteiger partial charge >= 0.3 is 0 Å². The number of carbonyl (C=O) groups excluding carboxylic acids is 1. The maximum Gasteiger partial charge on any atom is 0.239 e. The van der Waals surface area contributed by atoms with Crippen LogP contribution >= 0.6 is 0 Å². The van der Waals surface area contributed by atoms with E-state index in [-0.39, 0.29) is 23.7 Å². The van der Waals surface area contributed by atoms with Gasteiger partial charge in [-0.3, -0.25) is 10.1 Å². The molecule has 2 rings (SSSR count). The summed E-state index contributed by atoms with van der Waals surface area (Å²) in [5, 5.41) is 12.6. The molecule has 1 aliphatic heterocycles. The van der Waals surface area contributed by atoms with E-state index in [0.717, 1.165) is 5.56 Å². The van der Waals surface area contributed by atoms with Crippen molar-refractivity contribution in [3.63, 3.8) is 0 Å². The van der Waals surface area contributed by atoms with Crippen molar-refractivity contribution in [3.8, 4) is 5.75 Å². The number of benzene rings is 1. The molecule has 0 aliphatic carbocycles. The Morgan fingerprint density at radius 1 is 1.25 bits per heavy atom. The highest BCUT2D eigenvalue weighted by molar-refractivity contribution is 5.81. The van der Waals surface area contributed by atoms with E-state index in [1.54, 1.807) is 12.1 Å². The fraction of sp³-hybridized carbons (Fsp3) is 0.533. The molecule has 0 spiro atoms. The summed E-state index contributed by atoms with van der Waals surface area (Å²) in [6.07, 6.45) is 0. The summed E-state index contributed by atoms with van der Waals surface area (Å²) < 4.78 is 5.25. The Hall–Kier alpha value is -1.59. The topological polar surface area (TPSA) is 61.8 Å². The molecule has 5 nitrogen and oxygen atoms in total. The summed E-state index contributed by atoms with van der Waals surface area (Å²) in [6, 6.07) is 6.84. The van der Waals surface area contributed by atoms with Crippen LogP contribution in [-0.2, 0) is 9.53 Å². The maximum absolute atomic E-state index is 12.3. The van der Waals surface area contributed by atoms with Gasteiger partial charge in [0.05, 0.1) is 19.3 Å². The summed E-state index contributed by atoms with van der Waals surface area (Å²) in [5.74, 6) is 0.359. The number of rotatable bonds is 4. The maximum atomic E-state index is 12.3. The van der Waals surface area contributed by atoms with Gasteiger partial charge in [-0.15, -0.1) is 0 Å². The average Bonchev–Trinajstić information content (AvgIpc) is 2.48. The number of nitrogens with one attached hydrogen (secondary N) is 1. The van der Waals surface area contributed by atoms with E-state index >= 15 is 0 Å². The van der Waals surface area contributed by atoms with Crippen molar-refractivity contribution in [2.75, 3.05) is 26.3 Å².